The second-order valence-corrected chi connectivity index (χ2v) is 7.52. The van der Waals surface area contributed by atoms with Crippen LogP contribution in [0.5, 0.6) is 0 Å². The molecule has 1 heterocycles. The van der Waals surface area contributed by atoms with Gasteiger partial charge in [0.15, 0.2) is 20.0 Å². The first-order valence-corrected chi connectivity index (χ1v) is 9.00. The number of H-pyrrole nitrogens is 1. The van der Waals surface area contributed by atoms with Crippen molar-refractivity contribution < 1.29 is 47.7 Å². The fourth-order valence-electron chi connectivity index (χ4n) is 1.22. The number of halogens is 6. The number of nitrogens with one attached hydrogen (secondary N) is 1. The van der Waals surface area contributed by atoms with Gasteiger partial charge in [0.05, 0.1) is 13.0 Å². The Kier molecular flexibility index (Phi) is 7.65. The number of allylic oxidation sites excluding steroid dienone is 1. The van der Waals surface area contributed by atoms with Crippen molar-refractivity contribution in [2.75, 3.05) is 0 Å². The number of aryl methyl sites for hydroxylation is 1. The van der Waals surface area contributed by atoms with E-state index < -0.39 is 31.1 Å². The summed E-state index contributed by atoms with van der Waals surface area (Å²) in [5.41, 5.74) is -12.4. The predicted molar refractivity (Wildman–Crippen MR) is 73.9 cm³/mol. The summed E-state index contributed by atoms with van der Waals surface area (Å²) < 4.78 is 111. The molecule has 146 valence electrons. The third-order valence-electron chi connectivity index (χ3n) is 2.31. The summed E-state index contributed by atoms with van der Waals surface area (Å²) in [5.74, 6) is 1.22. The molecule has 0 bridgehead atoms. The highest BCUT2D eigenvalue weighted by atomic mass is 32.3. The number of aromatic amines is 1. The molecule has 0 saturated carbocycles. The van der Waals surface area contributed by atoms with E-state index in [1.165, 1.54) is 5.82 Å². The molecule has 15 heteroatoms. The molecule has 7 nitrogen and oxygen atoms in total. The van der Waals surface area contributed by atoms with E-state index in [1.54, 1.807) is 0 Å². The summed E-state index contributed by atoms with van der Waals surface area (Å²) in [7, 11) is -13.4. The Labute approximate surface area is 139 Å². The SMILES string of the molecule is C=CCc1[nH]cc[n+]1CC.O=S(=O)([N-]S(=O)(=O)C(F)(F)F)C(F)(F)F. The highest BCUT2D eigenvalue weighted by Gasteiger charge is 2.46. The van der Waals surface area contributed by atoms with E-state index in [2.05, 4.69) is 23.1 Å². The fourth-order valence-corrected chi connectivity index (χ4v) is 2.93. The molecule has 0 radical (unpaired) electrons. The molecule has 1 rings (SSSR count). The number of sulfonamides is 2. The molecule has 0 saturated heterocycles. The van der Waals surface area contributed by atoms with E-state index in [0.29, 0.717) is 0 Å². The van der Waals surface area contributed by atoms with Gasteiger partial charge in [-0.25, -0.2) is 26.4 Å². The molecule has 0 atom stereocenters. The van der Waals surface area contributed by atoms with Gasteiger partial charge in [0, 0.05) is 0 Å². The van der Waals surface area contributed by atoms with E-state index in [1.807, 2.05) is 18.5 Å². The number of imidazole rings is 1. The van der Waals surface area contributed by atoms with Gasteiger partial charge in [-0.3, -0.25) is 0 Å². The third kappa shape index (κ3) is 6.66. The summed E-state index contributed by atoms with van der Waals surface area (Å²) >= 11 is 0. The molecule has 1 aromatic heterocycles. The average Bonchev–Trinajstić information content (AvgIpc) is 2.83. The number of hydrogen-bond acceptors (Lipinski definition) is 4. The molecule has 1 aromatic rings. The number of aromatic nitrogens is 2. The first-order valence-electron chi connectivity index (χ1n) is 6.12. The van der Waals surface area contributed by atoms with Crippen molar-refractivity contribution in [1.82, 2.24) is 4.98 Å². The monoisotopic (exact) mass is 417 g/mol. The van der Waals surface area contributed by atoms with Gasteiger partial charge in [0.1, 0.15) is 12.4 Å². The number of alkyl halides is 6. The second kappa shape index (κ2) is 8.18. The molecular formula is C10H13F6N3O4S2. The maximum absolute atomic E-state index is 11.4. The average molecular weight is 417 g/mol. The van der Waals surface area contributed by atoms with Gasteiger partial charge in [0.25, 0.3) is 5.82 Å². The van der Waals surface area contributed by atoms with Crippen LogP contribution in [0.15, 0.2) is 25.0 Å². The van der Waals surface area contributed by atoms with Crippen LogP contribution >= 0.6 is 0 Å². The lowest BCUT2D eigenvalue weighted by Gasteiger charge is -2.22. The van der Waals surface area contributed by atoms with Crippen LogP contribution in [-0.2, 0) is 33.0 Å². The number of rotatable bonds is 5. The summed E-state index contributed by atoms with van der Waals surface area (Å²) in [4.78, 5) is 3.15. The van der Waals surface area contributed by atoms with E-state index in [0.717, 1.165) is 17.1 Å². The first kappa shape index (κ1) is 23.4. The molecule has 0 aromatic carbocycles. The Balaban J connectivity index is 0.000000496. The lowest BCUT2D eigenvalue weighted by Crippen LogP contribution is -2.34. The van der Waals surface area contributed by atoms with Crippen LogP contribution in [0, 0.1) is 0 Å². The second-order valence-electron chi connectivity index (χ2n) is 4.10. The summed E-state index contributed by atoms with van der Waals surface area (Å²) in [6.45, 7) is 6.82. The standard InChI is InChI=1S/C8H12N2.C2F6NO4S2/c1-3-5-8-9-6-7-10(8)4-2;3-1(4,5)14(10,11)9-15(12,13)2(6,7)8/h3,6-7H,1,4-5H2,2H3;/q;-1/p+1. The van der Waals surface area contributed by atoms with E-state index in [9.17, 15) is 43.2 Å². The molecule has 1 N–H and O–H groups in total. The van der Waals surface area contributed by atoms with E-state index >= 15 is 0 Å². The largest absolute Gasteiger partial charge is 0.480 e. The van der Waals surface area contributed by atoms with Crippen LogP contribution in [0.2, 0.25) is 0 Å². The van der Waals surface area contributed by atoms with Crippen molar-refractivity contribution >= 4 is 20.0 Å². The van der Waals surface area contributed by atoms with Gasteiger partial charge in [-0.15, -0.1) is 6.58 Å². The zero-order valence-corrected chi connectivity index (χ0v) is 14.1. The summed E-state index contributed by atoms with van der Waals surface area (Å²) in [6.07, 6.45) is 6.81. The van der Waals surface area contributed by atoms with Crippen molar-refractivity contribution in [1.29, 1.82) is 0 Å². The van der Waals surface area contributed by atoms with E-state index in [4.69, 9.17) is 0 Å². The van der Waals surface area contributed by atoms with Gasteiger partial charge in [-0.2, -0.15) is 26.3 Å². The van der Waals surface area contributed by atoms with Crippen LogP contribution in [-0.4, -0.2) is 32.8 Å². The van der Waals surface area contributed by atoms with Gasteiger partial charge in [-0.05, 0) is 6.92 Å². The minimum absolute atomic E-state index is 0.778. The minimum atomic E-state index is -6.72. The molecular weight excluding hydrogens is 404 g/mol. The van der Waals surface area contributed by atoms with Crippen molar-refractivity contribution in [2.24, 2.45) is 0 Å². The van der Waals surface area contributed by atoms with Crippen LogP contribution in [0.3, 0.4) is 0 Å². The predicted octanol–water partition coefficient (Wildman–Crippen LogP) is 2.11. The van der Waals surface area contributed by atoms with Gasteiger partial charge >= 0.3 is 11.0 Å². The Hall–Kier alpha value is -1.61. The molecule has 0 aliphatic rings. The fraction of sp³-hybridized carbons (Fsp3) is 0.500. The highest BCUT2D eigenvalue weighted by molar-refractivity contribution is 8.13. The normalized spacial score (nSPS) is 13.1. The topological polar surface area (TPSA) is 102 Å². The van der Waals surface area contributed by atoms with Crippen molar-refractivity contribution in [3.8, 4) is 0 Å². The van der Waals surface area contributed by atoms with Crippen LogP contribution in [0.4, 0.5) is 26.3 Å². The van der Waals surface area contributed by atoms with Crippen molar-refractivity contribution in [3.63, 3.8) is 0 Å². The Morgan fingerprint density at radius 1 is 1.12 bits per heavy atom. The quantitative estimate of drug-likeness (QED) is 0.450. The minimum Gasteiger partial charge on any atom is -0.421 e. The molecule has 25 heavy (non-hydrogen) atoms. The molecule has 0 unspecified atom stereocenters. The van der Waals surface area contributed by atoms with Gasteiger partial charge in [-0.1, -0.05) is 6.08 Å². The lowest BCUT2D eigenvalue weighted by molar-refractivity contribution is -0.699. The maximum atomic E-state index is 11.4. The van der Waals surface area contributed by atoms with Crippen molar-refractivity contribution in [2.45, 2.75) is 30.9 Å². The molecule has 0 fully saturated rings. The Morgan fingerprint density at radius 2 is 1.56 bits per heavy atom. The number of hydrogen-bond donors (Lipinski definition) is 1. The Bertz CT molecular complexity index is 738. The zero-order chi connectivity index (χ0) is 20.1. The number of nitrogens with zero attached hydrogens (tertiary/aromatic N) is 2. The van der Waals surface area contributed by atoms with Crippen LogP contribution in [0.1, 0.15) is 12.7 Å². The molecule has 0 amide bonds. The molecule has 0 spiro atoms. The smallest absolute Gasteiger partial charge is 0.421 e. The van der Waals surface area contributed by atoms with Gasteiger partial charge in [0.2, 0.25) is 0 Å². The zero-order valence-electron chi connectivity index (χ0n) is 12.5. The van der Waals surface area contributed by atoms with Crippen LogP contribution in [0.25, 0.3) is 4.13 Å². The first-order chi connectivity index (χ1) is 11.1. The lowest BCUT2D eigenvalue weighted by atomic mass is 10.4. The summed E-state index contributed by atoms with van der Waals surface area (Å²) in [5, 5.41) is 0. The molecule has 0 aliphatic heterocycles. The summed E-state index contributed by atoms with van der Waals surface area (Å²) in [6, 6.07) is 0. The third-order valence-corrected chi connectivity index (χ3v) is 5.05. The van der Waals surface area contributed by atoms with Crippen molar-refractivity contribution in [3.05, 3.63) is 35.0 Å². The maximum Gasteiger partial charge on any atom is 0.480 e. The van der Waals surface area contributed by atoms with Gasteiger partial charge < -0.3 is 4.13 Å². The van der Waals surface area contributed by atoms with E-state index in [-0.39, 0.29) is 0 Å². The van der Waals surface area contributed by atoms with Crippen LogP contribution < -0.4 is 4.57 Å². The highest BCUT2D eigenvalue weighted by Crippen LogP contribution is 2.36. The Morgan fingerprint density at radius 3 is 1.88 bits per heavy atom. The molecule has 0 aliphatic carbocycles.